The molecule has 0 radical (unpaired) electrons. The Labute approximate surface area is 223 Å². The summed E-state index contributed by atoms with van der Waals surface area (Å²) >= 11 is 0. The van der Waals surface area contributed by atoms with Gasteiger partial charge in [0.1, 0.15) is 11.6 Å². The second kappa shape index (κ2) is 10.0. The molecule has 0 saturated carbocycles. The van der Waals surface area contributed by atoms with E-state index in [2.05, 4.69) is 62.8 Å². The molecule has 10 heteroatoms. The number of aromatic nitrogens is 2. The molecular weight excluding hydrogens is 480 g/mol. The molecule has 1 aromatic heterocycles. The van der Waals surface area contributed by atoms with Gasteiger partial charge in [-0.25, -0.2) is 9.78 Å². The van der Waals surface area contributed by atoms with Crippen LogP contribution in [0.25, 0.3) is 0 Å². The minimum Gasteiger partial charge on any atom is -0.495 e. The van der Waals surface area contributed by atoms with E-state index in [-0.39, 0.29) is 12.1 Å². The molecule has 4 heterocycles. The van der Waals surface area contributed by atoms with E-state index in [0.29, 0.717) is 18.3 Å². The van der Waals surface area contributed by atoms with Crippen molar-refractivity contribution in [3.8, 4) is 5.75 Å². The highest BCUT2D eigenvalue weighted by molar-refractivity contribution is 5.94. The van der Waals surface area contributed by atoms with Gasteiger partial charge in [0.05, 0.1) is 25.4 Å². The van der Waals surface area contributed by atoms with Crippen LogP contribution in [-0.2, 0) is 6.54 Å². The summed E-state index contributed by atoms with van der Waals surface area (Å²) in [6.45, 7) is 5.44. The first-order valence-electron chi connectivity index (χ1n) is 13.1. The van der Waals surface area contributed by atoms with Crippen LogP contribution < -0.4 is 25.2 Å². The zero-order valence-electron chi connectivity index (χ0n) is 22.1. The standard InChI is InChI=1S/C28H34N8O2/c1-33-13-15-35(16-14-33)21-9-7-20(8-10-21)31-27-30-17-19-18-36(28(37)34(2)26(19)32-27)23-11-12-29-25-22(23)5-4-6-24(25)38-3/h4-10,17,23,29H,11-16,18H2,1-3H3,(H,30,31,32). The summed E-state index contributed by atoms with van der Waals surface area (Å²) in [5.41, 5.74) is 5.08. The number of rotatable bonds is 5. The number of urea groups is 1. The normalized spacial score (nSPS) is 19.5. The van der Waals surface area contributed by atoms with Crippen LogP contribution in [-0.4, -0.2) is 79.7 Å². The molecule has 10 nitrogen and oxygen atoms in total. The lowest BCUT2D eigenvalue weighted by Gasteiger charge is -2.41. The van der Waals surface area contributed by atoms with Crippen molar-refractivity contribution in [3.05, 3.63) is 59.8 Å². The van der Waals surface area contributed by atoms with Gasteiger partial charge in [-0.1, -0.05) is 12.1 Å². The first kappa shape index (κ1) is 24.3. The fourth-order valence-electron chi connectivity index (χ4n) is 5.59. The van der Waals surface area contributed by atoms with E-state index >= 15 is 0 Å². The fourth-order valence-corrected chi connectivity index (χ4v) is 5.59. The molecule has 2 aromatic carbocycles. The Kier molecular flexibility index (Phi) is 6.40. The average molecular weight is 515 g/mol. The number of benzene rings is 2. The molecule has 2 N–H and O–H groups in total. The Morgan fingerprint density at radius 2 is 1.84 bits per heavy atom. The molecule has 1 atom stereocenters. The number of para-hydroxylation sites is 1. The van der Waals surface area contributed by atoms with Crippen LogP contribution in [0.5, 0.6) is 5.75 Å². The highest BCUT2D eigenvalue weighted by Gasteiger charge is 2.37. The second-order valence-corrected chi connectivity index (χ2v) is 10.1. The minimum absolute atomic E-state index is 0.0546. The first-order valence-corrected chi connectivity index (χ1v) is 13.1. The first-order chi connectivity index (χ1) is 18.5. The molecule has 198 valence electrons. The molecule has 3 aliphatic rings. The Hall–Kier alpha value is -4.05. The van der Waals surface area contributed by atoms with Crippen LogP contribution in [0.3, 0.4) is 0 Å². The van der Waals surface area contributed by atoms with Gasteiger partial charge in [0.25, 0.3) is 0 Å². The predicted octanol–water partition coefficient (Wildman–Crippen LogP) is 3.91. The molecule has 3 aliphatic heterocycles. The van der Waals surface area contributed by atoms with Crippen LogP contribution >= 0.6 is 0 Å². The summed E-state index contributed by atoms with van der Waals surface area (Å²) in [6.07, 6.45) is 2.65. The number of likely N-dealkylation sites (N-methyl/N-ethyl adjacent to an activating group) is 1. The Morgan fingerprint density at radius 1 is 1.05 bits per heavy atom. The van der Waals surface area contributed by atoms with E-state index in [4.69, 9.17) is 9.72 Å². The number of ether oxygens (including phenoxy) is 1. The maximum absolute atomic E-state index is 13.5. The quantitative estimate of drug-likeness (QED) is 0.530. The third-order valence-electron chi connectivity index (χ3n) is 7.76. The van der Waals surface area contributed by atoms with Crippen molar-refractivity contribution < 1.29 is 9.53 Å². The molecule has 0 aliphatic carbocycles. The van der Waals surface area contributed by atoms with Gasteiger partial charge in [0, 0.05) is 68.5 Å². The van der Waals surface area contributed by atoms with Crippen molar-refractivity contribution in [1.29, 1.82) is 0 Å². The number of carbonyl (C=O) groups is 1. The largest absolute Gasteiger partial charge is 0.495 e. The topological polar surface area (TPSA) is 89.1 Å². The lowest BCUT2D eigenvalue weighted by molar-refractivity contribution is 0.169. The second-order valence-electron chi connectivity index (χ2n) is 10.1. The number of anilines is 5. The highest BCUT2D eigenvalue weighted by Crippen LogP contribution is 2.42. The average Bonchev–Trinajstić information content (AvgIpc) is 2.95. The lowest BCUT2D eigenvalue weighted by Crippen LogP contribution is -2.48. The number of hydrogen-bond acceptors (Lipinski definition) is 8. The smallest absolute Gasteiger partial charge is 0.326 e. The Balaban J connectivity index is 1.19. The van der Waals surface area contributed by atoms with Gasteiger partial charge in [-0.2, -0.15) is 4.98 Å². The third kappa shape index (κ3) is 4.45. The van der Waals surface area contributed by atoms with Crippen LogP contribution in [0.15, 0.2) is 48.7 Å². The Morgan fingerprint density at radius 3 is 2.61 bits per heavy atom. The van der Waals surface area contributed by atoms with E-state index in [1.54, 1.807) is 19.1 Å². The Bertz CT molecular complexity index is 1320. The maximum Gasteiger partial charge on any atom is 0.326 e. The summed E-state index contributed by atoms with van der Waals surface area (Å²) in [7, 11) is 5.61. The van der Waals surface area contributed by atoms with Gasteiger partial charge in [-0.15, -0.1) is 0 Å². The summed E-state index contributed by atoms with van der Waals surface area (Å²) in [4.78, 5) is 31.1. The van der Waals surface area contributed by atoms with Gasteiger partial charge in [-0.3, -0.25) is 4.90 Å². The minimum atomic E-state index is -0.0700. The van der Waals surface area contributed by atoms with E-state index in [1.165, 1.54) is 5.69 Å². The number of fused-ring (bicyclic) bond motifs is 2. The number of nitrogens with zero attached hydrogens (tertiary/aromatic N) is 6. The molecular formula is C28H34N8O2. The van der Waals surface area contributed by atoms with Crippen molar-refractivity contribution in [2.75, 3.05) is 74.4 Å². The number of carbonyl (C=O) groups excluding carboxylic acids is 1. The number of methoxy groups -OCH3 is 1. The highest BCUT2D eigenvalue weighted by atomic mass is 16.5. The zero-order chi connectivity index (χ0) is 26.2. The summed E-state index contributed by atoms with van der Waals surface area (Å²) in [6, 6.07) is 14.2. The number of piperazine rings is 1. The lowest BCUT2D eigenvalue weighted by atomic mass is 9.95. The number of hydrogen-bond donors (Lipinski definition) is 2. The van der Waals surface area contributed by atoms with E-state index in [0.717, 1.165) is 67.4 Å². The molecule has 0 bridgehead atoms. The van der Waals surface area contributed by atoms with E-state index in [9.17, 15) is 4.79 Å². The van der Waals surface area contributed by atoms with Crippen molar-refractivity contribution in [1.82, 2.24) is 19.8 Å². The summed E-state index contributed by atoms with van der Waals surface area (Å²) in [5.74, 6) is 1.90. The SMILES string of the molecule is COc1cccc2c1NCCC2N1Cc2cnc(Nc3ccc(N4CCN(C)CC4)cc3)nc2N(C)C1=O. The van der Waals surface area contributed by atoms with Crippen LogP contribution in [0.2, 0.25) is 0 Å². The molecule has 1 saturated heterocycles. The van der Waals surface area contributed by atoms with Crippen molar-refractivity contribution in [2.24, 2.45) is 0 Å². The number of amides is 2. The van der Waals surface area contributed by atoms with E-state index in [1.807, 2.05) is 23.2 Å². The van der Waals surface area contributed by atoms with Crippen molar-refractivity contribution in [3.63, 3.8) is 0 Å². The molecule has 0 spiro atoms. The predicted molar refractivity (Wildman–Crippen MR) is 150 cm³/mol. The maximum atomic E-state index is 13.5. The van der Waals surface area contributed by atoms with Gasteiger partial charge < -0.3 is 30.1 Å². The summed E-state index contributed by atoms with van der Waals surface area (Å²) in [5, 5.41) is 6.74. The van der Waals surface area contributed by atoms with Gasteiger partial charge in [-0.05, 0) is 43.8 Å². The zero-order valence-corrected chi connectivity index (χ0v) is 22.1. The van der Waals surface area contributed by atoms with Crippen LogP contribution in [0, 0.1) is 0 Å². The molecule has 1 unspecified atom stereocenters. The van der Waals surface area contributed by atoms with Gasteiger partial charge in [0.15, 0.2) is 0 Å². The summed E-state index contributed by atoms with van der Waals surface area (Å²) < 4.78 is 5.55. The molecule has 1 fully saturated rings. The molecule has 6 rings (SSSR count). The van der Waals surface area contributed by atoms with E-state index < -0.39 is 0 Å². The van der Waals surface area contributed by atoms with Crippen molar-refractivity contribution in [2.45, 2.75) is 19.0 Å². The van der Waals surface area contributed by atoms with Gasteiger partial charge in [0.2, 0.25) is 5.95 Å². The molecule has 3 aromatic rings. The fraction of sp³-hybridized carbons (Fsp3) is 0.393. The van der Waals surface area contributed by atoms with Crippen molar-refractivity contribution >= 4 is 34.9 Å². The molecule has 2 amide bonds. The van der Waals surface area contributed by atoms with Gasteiger partial charge >= 0.3 is 6.03 Å². The number of nitrogens with one attached hydrogen (secondary N) is 2. The van der Waals surface area contributed by atoms with Crippen LogP contribution in [0.1, 0.15) is 23.6 Å². The third-order valence-corrected chi connectivity index (χ3v) is 7.76. The van der Waals surface area contributed by atoms with Crippen LogP contribution in [0.4, 0.5) is 33.6 Å². The monoisotopic (exact) mass is 514 g/mol. The molecule has 38 heavy (non-hydrogen) atoms.